The van der Waals surface area contributed by atoms with Gasteiger partial charge in [0.05, 0.1) is 0 Å². The van der Waals surface area contributed by atoms with Gasteiger partial charge in [-0.25, -0.2) is 0 Å². The normalized spacial score (nSPS) is 14.7. The van der Waals surface area contributed by atoms with E-state index in [1.165, 1.54) is 33.4 Å². The molecule has 0 atom stereocenters. The van der Waals surface area contributed by atoms with Crippen molar-refractivity contribution in [3.63, 3.8) is 0 Å². The second-order valence-electron chi connectivity index (χ2n) is 5.72. The predicted octanol–water partition coefficient (Wildman–Crippen LogP) is 5.25. The van der Waals surface area contributed by atoms with E-state index in [1.807, 2.05) is 0 Å². The molecule has 0 aromatic heterocycles. The topological polar surface area (TPSA) is 0 Å². The minimum Gasteiger partial charge on any atom is -0.0776 e. The Bertz CT molecular complexity index is 550. The van der Waals surface area contributed by atoms with Crippen molar-refractivity contribution in [3.05, 3.63) is 58.7 Å². The fraction of sp³-hybridized carbons (Fsp3) is 0.333. The average Bonchev–Trinajstić information content (AvgIpc) is 2.47. The van der Waals surface area contributed by atoms with E-state index >= 15 is 0 Å². The molecule has 0 radical (unpaired) electrons. The molecular formula is C18H22. The third-order valence-electron chi connectivity index (χ3n) is 3.99. The monoisotopic (exact) mass is 238 g/mol. The van der Waals surface area contributed by atoms with Gasteiger partial charge in [0.1, 0.15) is 0 Å². The molecule has 0 bridgehead atoms. The summed E-state index contributed by atoms with van der Waals surface area (Å²) >= 11 is 0. The molecule has 0 nitrogen and oxygen atoms in total. The molecule has 0 N–H and O–H groups in total. The molecule has 0 saturated heterocycles. The highest BCUT2D eigenvalue weighted by atomic mass is 14.4. The summed E-state index contributed by atoms with van der Waals surface area (Å²) in [7, 11) is 0. The molecule has 0 aliphatic heterocycles. The van der Waals surface area contributed by atoms with E-state index in [0.717, 1.165) is 0 Å². The summed E-state index contributed by atoms with van der Waals surface area (Å²) in [4.78, 5) is 0. The summed E-state index contributed by atoms with van der Waals surface area (Å²) in [6.07, 6.45) is 0. The van der Waals surface area contributed by atoms with Crippen molar-refractivity contribution in [2.75, 3.05) is 0 Å². The maximum atomic E-state index is 2.32. The number of fused-ring (bicyclic) bond motifs is 3. The van der Waals surface area contributed by atoms with Crippen LogP contribution in [0.4, 0.5) is 0 Å². The van der Waals surface area contributed by atoms with Gasteiger partial charge in [-0.1, -0.05) is 68.8 Å². The van der Waals surface area contributed by atoms with Gasteiger partial charge in [0.2, 0.25) is 0 Å². The molecule has 94 valence electrons. The minimum atomic E-state index is 0. The summed E-state index contributed by atoms with van der Waals surface area (Å²) in [6.45, 7) is 8.98. The highest BCUT2D eigenvalue weighted by Gasteiger charge is 2.34. The zero-order valence-corrected chi connectivity index (χ0v) is 11.0. The van der Waals surface area contributed by atoms with Gasteiger partial charge >= 0.3 is 0 Å². The number of benzene rings is 2. The first kappa shape index (κ1) is 12.9. The molecule has 18 heavy (non-hydrogen) atoms. The predicted molar refractivity (Wildman–Crippen MR) is 80.2 cm³/mol. The number of rotatable bonds is 0. The Morgan fingerprint density at radius 3 is 1.50 bits per heavy atom. The summed E-state index contributed by atoms with van der Waals surface area (Å²) in [5.74, 6) is 0. The van der Waals surface area contributed by atoms with Gasteiger partial charge in [-0.05, 0) is 36.1 Å². The minimum absolute atomic E-state index is 0. The molecule has 0 saturated carbocycles. The molecule has 1 aliphatic carbocycles. The van der Waals surface area contributed by atoms with E-state index in [-0.39, 0.29) is 12.8 Å². The van der Waals surface area contributed by atoms with Crippen LogP contribution in [0.2, 0.25) is 0 Å². The quantitative estimate of drug-likeness (QED) is 0.588. The fourth-order valence-corrected chi connectivity index (χ4v) is 3.00. The van der Waals surface area contributed by atoms with Crippen LogP contribution in [0.3, 0.4) is 0 Å². The van der Waals surface area contributed by atoms with E-state index in [1.54, 1.807) is 0 Å². The average molecular weight is 238 g/mol. The zero-order valence-electron chi connectivity index (χ0n) is 11.0. The zero-order chi connectivity index (χ0) is 12.2. The molecule has 0 spiro atoms. The SMILES string of the molecule is C.Cc1ccc2c(c1)-c1cc(C)ccc1C2(C)C. The molecular weight excluding hydrogens is 216 g/mol. The summed E-state index contributed by atoms with van der Waals surface area (Å²) < 4.78 is 0. The van der Waals surface area contributed by atoms with Crippen molar-refractivity contribution >= 4 is 0 Å². The largest absolute Gasteiger partial charge is 0.0776 e. The first-order chi connectivity index (χ1) is 8.00. The lowest BCUT2D eigenvalue weighted by Gasteiger charge is -2.21. The van der Waals surface area contributed by atoms with Gasteiger partial charge in [0, 0.05) is 5.41 Å². The molecule has 1 aliphatic rings. The van der Waals surface area contributed by atoms with Gasteiger partial charge in [0.25, 0.3) is 0 Å². The Morgan fingerprint density at radius 1 is 0.722 bits per heavy atom. The Morgan fingerprint density at radius 2 is 1.11 bits per heavy atom. The maximum Gasteiger partial charge on any atom is 0.0158 e. The smallest absolute Gasteiger partial charge is 0.0158 e. The number of aryl methyl sites for hydroxylation is 2. The Kier molecular flexibility index (Phi) is 2.85. The molecule has 2 aromatic rings. The molecule has 0 amide bonds. The summed E-state index contributed by atoms with van der Waals surface area (Å²) in [5.41, 5.74) is 8.60. The molecule has 3 rings (SSSR count). The maximum absolute atomic E-state index is 2.32. The van der Waals surface area contributed by atoms with Gasteiger partial charge in [-0.3, -0.25) is 0 Å². The van der Waals surface area contributed by atoms with Crippen LogP contribution in [0.1, 0.15) is 43.5 Å². The van der Waals surface area contributed by atoms with E-state index in [4.69, 9.17) is 0 Å². The lowest BCUT2D eigenvalue weighted by atomic mass is 9.82. The van der Waals surface area contributed by atoms with Crippen molar-refractivity contribution < 1.29 is 0 Å². The van der Waals surface area contributed by atoms with Crippen molar-refractivity contribution in [1.82, 2.24) is 0 Å². The molecule has 0 unspecified atom stereocenters. The van der Waals surface area contributed by atoms with Gasteiger partial charge < -0.3 is 0 Å². The Hall–Kier alpha value is -1.56. The van der Waals surface area contributed by atoms with Crippen LogP contribution in [0.5, 0.6) is 0 Å². The first-order valence-corrected chi connectivity index (χ1v) is 6.23. The second-order valence-corrected chi connectivity index (χ2v) is 5.72. The van der Waals surface area contributed by atoms with Crippen molar-refractivity contribution in [3.8, 4) is 11.1 Å². The van der Waals surface area contributed by atoms with Crippen LogP contribution < -0.4 is 0 Å². The lowest BCUT2D eigenvalue weighted by Crippen LogP contribution is -2.14. The van der Waals surface area contributed by atoms with E-state index in [2.05, 4.69) is 64.1 Å². The third-order valence-corrected chi connectivity index (χ3v) is 3.99. The van der Waals surface area contributed by atoms with Crippen LogP contribution in [0.15, 0.2) is 36.4 Å². The van der Waals surface area contributed by atoms with Crippen molar-refractivity contribution in [1.29, 1.82) is 0 Å². The van der Waals surface area contributed by atoms with Crippen LogP contribution in [-0.2, 0) is 5.41 Å². The Balaban J connectivity index is 0.00000120. The van der Waals surface area contributed by atoms with Gasteiger partial charge in [0.15, 0.2) is 0 Å². The summed E-state index contributed by atoms with van der Waals surface area (Å²) in [5, 5.41) is 0. The van der Waals surface area contributed by atoms with Gasteiger partial charge in [-0.2, -0.15) is 0 Å². The van der Waals surface area contributed by atoms with Crippen molar-refractivity contribution in [2.45, 2.75) is 40.5 Å². The molecule has 0 heterocycles. The number of hydrogen-bond acceptors (Lipinski definition) is 0. The van der Waals surface area contributed by atoms with Crippen LogP contribution in [0, 0.1) is 13.8 Å². The molecule has 0 fully saturated rings. The van der Waals surface area contributed by atoms with Crippen LogP contribution >= 0.6 is 0 Å². The number of hydrogen-bond donors (Lipinski definition) is 0. The van der Waals surface area contributed by atoms with Gasteiger partial charge in [-0.15, -0.1) is 0 Å². The highest BCUT2D eigenvalue weighted by Crippen LogP contribution is 2.48. The first-order valence-electron chi connectivity index (χ1n) is 6.23. The standard InChI is InChI=1S/C17H18.CH4/c1-11-5-7-15-13(9-11)14-10-12(2)6-8-16(14)17(15,3)4;/h5-10H,1-4H3;1H4. The second kappa shape index (κ2) is 3.98. The van der Waals surface area contributed by atoms with E-state index in [9.17, 15) is 0 Å². The van der Waals surface area contributed by atoms with Crippen LogP contribution in [-0.4, -0.2) is 0 Å². The molecule has 0 heteroatoms. The van der Waals surface area contributed by atoms with Crippen molar-refractivity contribution in [2.24, 2.45) is 0 Å². The lowest BCUT2D eigenvalue weighted by molar-refractivity contribution is 0.660. The highest BCUT2D eigenvalue weighted by molar-refractivity contribution is 5.81. The van der Waals surface area contributed by atoms with E-state index in [0.29, 0.717) is 0 Å². The Labute approximate surface area is 111 Å². The van der Waals surface area contributed by atoms with Crippen LogP contribution in [0.25, 0.3) is 11.1 Å². The third kappa shape index (κ3) is 1.59. The fourth-order valence-electron chi connectivity index (χ4n) is 3.00. The van der Waals surface area contributed by atoms with E-state index < -0.39 is 0 Å². The molecule has 2 aromatic carbocycles. The summed E-state index contributed by atoms with van der Waals surface area (Å²) in [6, 6.07) is 13.7.